The Morgan fingerprint density at radius 2 is 2.15 bits per heavy atom. The van der Waals surface area contributed by atoms with Gasteiger partial charge in [-0.15, -0.1) is 0 Å². The number of pyridine rings is 1. The SMILES string of the molecule is CCCNC(CC)c1ccc(N(CC)CCC#N)cn1. The summed E-state index contributed by atoms with van der Waals surface area (Å²) in [5, 5.41) is 12.2. The first-order chi connectivity index (χ1) is 9.76. The Labute approximate surface area is 122 Å². The predicted octanol–water partition coefficient (Wildman–Crippen LogP) is 3.27. The number of hydrogen-bond acceptors (Lipinski definition) is 4. The largest absolute Gasteiger partial charge is 0.370 e. The van der Waals surface area contributed by atoms with Crippen LogP contribution in [-0.2, 0) is 0 Å². The zero-order chi connectivity index (χ0) is 14.8. The van der Waals surface area contributed by atoms with Crippen molar-refractivity contribution in [3.8, 4) is 6.07 Å². The Kier molecular flexibility index (Phi) is 7.67. The van der Waals surface area contributed by atoms with Gasteiger partial charge in [-0.05, 0) is 38.4 Å². The van der Waals surface area contributed by atoms with E-state index < -0.39 is 0 Å². The maximum atomic E-state index is 8.69. The highest BCUT2D eigenvalue weighted by molar-refractivity contribution is 5.44. The first kappa shape index (κ1) is 16.5. The highest BCUT2D eigenvalue weighted by Crippen LogP contribution is 2.18. The molecule has 0 bridgehead atoms. The van der Waals surface area contributed by atoms with Crippen LogP contribution < -0.4 is 10.2 Å². The molecule has 0 fully saturated rings. The maximum Gasteiger partial charge on any atom is 0.0640 e. The van der Waals surface area contributed by atoms with Crippen molar-refractivity contribution >= 4 is 5.69 Å². The fourth-order valence-corrected chi connectivity index (χ4v) is 2.22. The fourth-order valence-electron chi connectivity index (χ4n) is 2.22. The molecule has 0 radical (unpaired) electrons. The van der Waals surface area contributed by atoms with E-state index >= 15 is 0 Å². The molecule has 0 aliphatic heterocycles. The number of anilines is 1. The van der Waals surface area contributed by atoms with Crippen LogP contribution in [0.25, 0.3) is 0 Å². The van der Waals surface area contributed by atoms with Crippen LogP contribution in [0.2, 0.25) is 0 Å². The third kappa shape index (κ3) is 4.82. The van der Waals surface area contributed by atoms with Crippen molar-refractivity contribution in [3.63, 3.8) is 0 Å². The standard InChI is InChI=1S/C16H26N4/c1-4-11-18-15(5-2)16-9-8-14(13-19-16)20(6-3)12-7-10-17/h8-9,13,15,18H,4-7,11-12H2,1-3H3. The van der Waals surface area contributed by atoms with Crippen molar-refractivity contribution in [1.29, 1.82) is 5.26 Å². The third-order valence-electron chi connectivity index (χ3n) is 3.42. The van der Waals surface area contributed by atoms with Gasteiger partial charge < -0.3 is 10.2 Å². The van der Waals surface area contributed by atoms with Crippen LogP contribution in [0, 0.1) is 11.3 Å². The van der Waals surface area contributed by atoms with Crippen molar-refractivity contribution in [2.75, 3.05) is 24.5 Å². The van der Waals surface area contributed by atoms with Crippen LogP contribution in [-0.4, -0.2) is 24.6 Å². The summed E-state index contributed by atoms with van der Waals surface area (Å²) >= 11 is 0. The van der Waals surface area contributed by atoms with Crippen molar-refractivity contribution in [2.24, 2.45) is 0 Å². The van der Waals surface area contributed by atoms with E-state index in [1.54, 1.807) is 0 Å². The van der Waals surface area contributed by atoms with Crippen LogP contribution in [0.3, 0.4) is 0 Å². The minimum Gasteiger partial charge on any atom is -0.370 e. The zero-order valence-electron chi connectivity index (χ0n) is 12.9. The van der Waals surface area contributed by atoms with Crippen molar-refractivity contribution in [3.05, 3.63) is 24.0 Å². The van der Waals surface area contributed by atoms with Crippen LogP contribution in [0.4, 0.5) is 5.69 Å². The topological polar surface area (TPSA) is 52.0 Å². The minimum absolute atomic E-state index is 0.332. The molecule has 0 saturated heterocycles. The molecule has 0 aliphatic carbocycles. The van der Waals surface area contributed by atoms with Gasteiger partial charge in [0.15, 0.2) is 0 Å². The Morgan fingerprint density at radius 3 is 2.65 bits per heavy atom. The van der Waals surface area contributed by atoms with E-state index in [-0.39, 0.29) is 0 Å². The summed E-state index contributed by atoms with van der Waals surface area (Å²) in [4.78, 5) is 6.77. The van der Waals surface area contributed by atoms with E-state index in [4.69, 9.17) is 5.26 Å². The van der Waals surface area contributed by atoms with Crippen LogP contribution in [0.5, 0.6) is 0 Å². The van der Waals surface area contributed by atoms with Gasteiger partial charge in [0.2, 0.25) is 0 Å². The molecule has 4 heteroatoms. The third-order valence-corrected chi connectivity index (χ3v) is 3.42. The quantitative estimate of drug-likeness (QED) is 0.751. The lowest BCUT2D eigenvalue weighted by Crippen LogP contribution is -2.25. The molecule has 0 spiro atoms. The second-order valence-corrected chi connectivity index (χ2v) is 4.84. The Hall–Kier alpha value is -1.60. The van der Waals surface area contributed by atoms with Gasteiger partial charge in [-0.2, -0.15) is 5.26 Å². The molecule has 1 rings (SSSR count). The Bertz CT molecular complexity index is 407. The van der Waals surface area contributed by atoms with E-state index in [9.17, 15) is 0 Å². The van der Waals surface area contributed by atoms with E-state index in [1.807, 2.05) is 6.20 Å². The molecule has 4 nitrogen and oxygen atoms in total. The highest BCUT2D eigenvalue weighted by atomic mass is 15.1. The molecular weight excluding hydrogens is 248 g/mol. The summed E-state index contributed by atoms with van der Waals surface area (Å²) in [6.07, 6.45) is 4.64. The molecule has 1 aromatic rings. The average molecular weight is 274 g/mol. The van der Waals surface area contributed by atoms with Gasteiger partial charge >= 0.3 is 0 Å². The van der Waals surface area contributed by atoms with Crippen molar-refractivity contribution < 1.29 is 0 Å². The summed E-state index contributed by atoms with van der Waals surface area (Å²) in [7, 11) is 0. The van der Waals surface area contributed by atoms with Crippen molar-refractivity contribution in [2.45, 2.75) is 46.1 Å². The molecule has 20 heavy (non-hydrogen) atoms. The van der Waals surface area contributed by atoms with Gasteiger partial charge in [-0.1, -0.05) is 13.8 Å². The van der Waals surface area contributed by atoms with E-state index in [2.05, 4.69) is 54.2 Å². The number of nitriles is 1. The second kappa shape index (κ2) is 9.33. The number of aromatic nitrogens is 1. The van der Waals surface area contributed by atoms with Crippen LogP contribution in [0.1, 0.15) is 51.8 Å². The van der Waals surface area contributed by atoms with Crippen molar-refractivity contribution in [1.82, 2.24) is 10.3 Å². The van der Waals surface area contributed by atoms with Crippen LogP contribution in [0.15, 0.2) is 18.3 Å². The fraction of sp³-hybridized carbons (Fsp3) is 0.625. The molecule has 1 atom stereocenters. The number of hydrogen-bond donors (Lipinski definition) is 1. The summed E-state index contributed by atoms with van der Waals surface area (Å²) < 4.78 is 0. The number of nitrogens with zero attached hydrogens (tertiary/aromatic N) is 3. The molecule has 1 heterocycles. The predicted molar refractivity (Wildman–Crippen MR) is 83.7 cm³/mol. The summed E-state index contributed by atoms with van der Waals surface area (Å²) in [6, 6.07) is 6.73. The van der Waals surface area contributed by atoms with E-state index in [0.29, 0.717) is 12.5 Å². The zero-order valence-corrected chi connectivity index (χ0v) is 12.9. The van der Waals surface area contributed by atoms with Gasteiger partial charge in [0, 0.05) is 19.1 Å². The minimum atomic E-state index is 0.332. The summed E-state index contributed by atoms with van der Waals surface area (Å²) in [5.74, 6) is 0. The average Bonchev–Trinajstić information content (AvgIpc) is 2.50. The van der Waals surface area contributed by atoms with E-state index in [1.165, 1.54) is 0 Å². The maximum absolute atomic E-state index is 8.69. The molecule has 0 aromatic carbocycles. The molecule has 0 aliphatic rings. The first-order valence-corrected chi connectivity index (χ1v) is 7.57. The molecule has 0 saturated carbocycles. The van der Waals surface area contributed by atoms with Gasteiger partial charge in [0.25, 0.3) is 0 Å². The molecule has 0 amide bonds. The van der Waals surface area contributed by atoms with Gasteiger partial charge in [-0.25, -0.2) is 0 Å². The lowest BCUT2D eigenvalue weighted by Gasteiger charge is -2.22. The first-order valence-electron chi connectivity index (χ1n) is 7.57. The molecule has 110 valence electrons. The Morgan fingerprint density at radius 1 is 1.35 bits per heavy atom. The van der Waals surface area contributed by atoms with E-state index in [0.717, 1.165) is 43.9 Å². The molecule has 1 unspecified atom stereocenters. The van der Waals surface area contributed by atoms with Gasteiger partial charge in [0.05, 0.1) is 30.1 Å². The van der Waals surface area contributed by atoms with Crippen LogP contribution >= 0.6 is 0 Å². The van der Waals surface area contributed by atoms with Gasteiger partial charge in [-0.3, -0.25) is 4.98 Å². The lowest BCUT2D eigenvalue weighted by atomic mass is 10.1. The normalized spacial score (nSPS) is 11.9. The highest BCUT2D eigenvalue weighted by Gasteiger charge is 2.10. The molecular formula is C16H26N4. The van der Waals surface area contributed by atoms with Gasteiger partial charge in [0.1, 0.15) is 0 Å². The Balaban J connectivity index is 2.73. The lowest BCUT2D eigenvalue weighted by molar-refractivity contribution is 0.507. The molecule has 1 aromatic heterocycles. The smallest absolute Gasteiger partial charge is 0.0640 e. The number of rotatable bonds is 9. The second-order valence-electron chi connectivity index (χ2n) is 4.84. The summed E-state index contributed by atoms with van der Waals surface area (Å²) in [5.41, 5.74) is 2.19. The molecule has 1 N–H and O–H groups in total. The number of nitrogens with one attached hydrogen (secondary N) is 1. The monoisotopic (exact) mass is 274 g/mol. The summed E-state index contributed by atoms with van der Waals surface area (Å²) in [6.45, 7) is 9.13.